The fraction of sp³-hybridized carbons (Fsp3) is 0.231. The third kappa shape index (κ3) is 2.59. The molecule has 1 aliphatic heterocycles. The molecule has 3 rings (SSSR count). The molecule has 1 N–H and O–H groups in total. The number of rotatable bonds is 2. The van der Waals surface area contributed by atoms with Crippen LogP contribution in [0.4, 0.5) is 5.69 Å². The highest BCUT2D eigenvalue weighted by molar-refractivity contribution is 6.42. The number of carbonyl (C=O) groups excluding carboxylic acids is 1. The lowest BCUT2D eigenvalue weighted by Crippen LogP contribution is -2.16. The van der Waals surface area contributed by atoms with Crippen LogP contribution in [0.1, 0.15) is 16.9 Å². The van der Waals surface area contributed by atoms with Crippen LogP contribution in [0.2, 0.25) is 10.0 Å². The summed E-state index contributed by atoms with van der Waals surface area (Å²) in [5, 5.41) is 7.76. The molecule has 7 heteroatoms. The van der Waals surface area contributed by atoms with Gasteiger partial charge in [0.15, 0.2) is 5.69 Å². The number of halogens is 2. The highest BCUT2D eigenvalue weighted by Crippen LogP contribution is 2.25. The van der Waals surface area contributed by atoms with Crippen molar-refractivity contribution in [3.63, 3.8) is 0 Å². The predicted octanol–water partition coefficient (Wildman–Crippen LogP) is 3.22. The number of aryl methyl sites for hydroxylation is 1. The summed E-state index contributed by atoms with van der Waals surface area (Å²) in [4.78, 5) is 12.1. The number of carbonyl (C=O) groups is 1. The SMILES string of the molecule is O=C(Nc1ccc(Cl)c(Cl)c1)c1cc2n(n1)CCCO2. The van der Waals surface area contributed by atoms with Gasteiger partial charge in [-0.25, -0.2) is 4.68 Å². The number of fused-ring (bicyclic) bond motifs is 1. The number of hydrogen-bond acceptors (Lipinski definition) is 3. The molecule has 0 bridgehead atoms. The van der Waals surface area contributed by atoms with Gasteiger partial charge >= 0.3 is 0 Å². The number of benzene rings is 1. The number of hydrogen-bond donors (Lipinski definition) is 1. The van der Waals surface area contributed by atoms with Gasteiger partial charge in [0.1, 0.15) is 0 Å². The molecule has 0 spiro atoms. The molecule has 0 fully saturated rings. The highest BCUT2D eigenvalue weighted by Gasteiger charge is 2.18. The lowest BCUT2D eigenvalue weighted by Gasteiger charge is -2.13. The summed E-state index contributed by atoms with van der Waals surface area (Å²) in [6.07, 6.45) is 0.891. The Morgan fingerprint density at radius 3 is 2.90 bits per heavy atom. The molecular weight excluding hydrogens is 301 g/mol. The molecule has 0 atom stereocenters. The minimum Gasteiger partial charge on any atom is -0.478 e. The maximum absolute atomic E-state index is 12.1. The summed E-state index contributed by atoms with van der Waals surface area (Å²) in [5.74, 6) is 0.310. The number of nitrogens with zero attached hydrogens (tertiary/aromatic N) is 2. The van der Waals surface area contributed by atoms with Gasteiger partial charge in [0.05, 0.1) is 16.7 Å². The van der Waals surface area contributed by atoms with Gasteiger partial charge in [-0.05, 0) is 18.2 Å². The topological polar surface area (TPSA) is 56.2 Å². The molecule has 1 aliphatic rings. The molecule has 1 aromatic carbocycles. The molecule has 1 aromatic heterocycles. The summed E-state index contributed by atoms with van der Waals surface area (Å²) in [7, 11) is 0. The van der Waals surface area contributed by atoms with Crippen molar-refractivity contribution in [3.8, 4) is 5.88 Å². The zero-order valence-corrected chi connectivity index (χ0v) is 11.9. The average Bonchev–Trinajstić information content (AvgIpc) is 2.87. The van der Waals surface area contributed by atoms with Crippen LogP contribution >= 0.6 is 23.2 Å². The zero-order valence-electron chi connectivity index (χ0n) is 10.4. The van der Waals surface area contributed by atoms with E-state index in [0.29, 0.717) is 33.9 Å². The molecule has 2 aromatic rings. The summed E-state index contributed by atoms with van der Waals surface area (Å²) < 4.78 is 7.11. The number of amides is 1. The van der Waals surface area contributed by atoms with E-state index in [1.807, 2.05) is 0 Å². The van der Waals surface area contributed by atoms with Crippen LogP contribution in [-0.2, 0) is 6.54 Å². The van der Waals surface area contributed by atoms with E-state index in [4.69, 9.17) is 27.9 Å². The molecule has 0 saturated heterocycles. The lowest BCUT2D eigenvalue weighted by atomic mass is 10.3. The molecule has 1 amide bonds. The summed E-state index contributed by atoms with van der Waals surface area (Å²) in [5.41, 5.74) is 0.879. The lowest BCUT2D eigenvalue weighted by molar-refractivity contribution is 0.102. The number of anilines is 1. The molecule has 2 heterocycles. The third-order valence-electron chi connectivity index (χ3n) is 2.92. The zero-order chi connectivity index (χ0) is 14.1. The fourth-order valence-corrected chi connectivity index (χ4v) is 2.25. The molecule has 0 unspecified atom stereocenters. The summed E-state index contributed by atoms with van der Waals surface area (Å²) in [6.45, 7) is 1.41. The van der Waals surface area contributed by atoms with Crippen LogP contribution in [0.15, 0.2) is 24.3 Å². The van der Waals surface area contributed by atoms with Crippen molar-refractivity contribution in [2.24, 2.45) is 0 Å². The van der Waals surface area contributed by atoms with Gasteiger partial charge in [-0.1, -0.05) is 23.2 Å². The molecule has 0 saturated carbocycles. The van der Waals surface area contributed by atoms with Gasteiger partial charge in [-0.3, -0.25) is 4.79 Å². The molecule has 104 valence electrons. The van der Waals surface area contributed by atoms with Gasteiger partial charge in [0.2, 0.25) is 5.88 Å². The molecule has 5 nitrogen and oxygen atoms in total. The van der Waals surface area contributed by atoms with E-state index in [-0.39, 0.29) is 5.91 Å². The van der Waals surface area contributed by atoms with Crippen LogP contribution in [0, 0.1) is 0 Å². The average molecular weight is 312 g/mol. The number of aromatic nitrogens is 2. The van der Waals surface area contributed by atoms with Crippen molar-refractivity contribution >= 4 is 34.8 Å². The van der Waals surface area contributed by atoms with E-state index in [0.717, 1.165) is 13.0 Å². The van der Waals surface area contributed by atoms with Crippen LogP contribution < -0.4 is 10.1 Å². The summed E-state index contributed by atoms with van der Waals surface area (Å²) >= 11 is 11.7. The predicted molar refractivity (Wildman–Crippen MR) is 76.8 cm³/mol. The Hall–Kier alpha value is -1.72. The van der Waals surface area contributed by atoms with E-state index < -0.39 is 0 Å². The van der Waals surface area contributed by atoms with Crippen LogP contribution in [0.5, 0.6) is 5.88 Å². The first-order chi connectivity index (χ1) is 9.63. The van der Waals surface area contributed by atoms with E-state index in [1.165, 1.54) is 0 Å². The largest absolute Gasteiger partial charge is 0.478 e. The van der Waals surface area contributed by atoms with Crippen molar-refractivity contribution in [2.75, 3.05) is 11.9 Å². The van der Waals surface area contributed by atoms with Gasteiger partial charge in [-0.15, -0.1) is 0 Å². The molecule has 20 heavy (non-hydrogen) atoms. The van der Waals surface area contributed by atoms with E-state index >= 15 is 0 Å². The Balaban J connectivity index is 1.78. The smallest absolute Gasteiger partial charge is 0.276 e. The van der Waals surface area contributed by atoms with E-state index in [9.17, 15) is 4.79 Å². The standard InChI is InChI=1S/C13H11Cl2N3O2/c14-9-3-2-8(6-10(9)15)16-13(19)11-7-12-18(17-11)4-1-5-20-12/h2-3,6-7H,1,4-5H2,(H,16,19). The van der Waals surface area contributed by atoms with Crippen LogP contribution in [0.3, 0.4) is 0 Å². The maximum Gasteiger partial charge on any atom is 0.276 e. The van der Waals surface area contributed by atoms with Crippen molar-refractivity contribution in [3.05, 3.63) is 40.0 Å². The van der Waals surface area contributed by atoms with E-state index in [1.54, 1.807) is 28.9 Å². The van der Waals surface area contributed by atoms with E-state index in [2.05, 4.69) is 10.4 Å². The first kappa shape index (κ1) is 13.3. The van der Waals surface area contributed by atoms with Crippen LogP contribution in [-0.4, -0.2) is 22.3 Å². The molecule has 0 radical (unpaired) electrons. The Morgan fingerprint density at radius 1 is 1.30 bits per heavy atom. The second-order valence-electron chi connectivity index (χ2n) is 4.38. The number of nitrogens with one attached hydrogen (secondary N) is 1. The second kappa shape index (κ2) is 5.34. The summed E-state index contributed by atoms with van der Waals surface area (Å²) in [6, 6.07) is 6.53. The Bertz CT molecular complexity index is 646. The Labute approximate surface area is 125 Å². The van der Waals surface area contributed by atoms with Gasteiger partial charge < -0.3 is 10.1 Å². The van der Waals surface area contributed by atoms with Crippen LogP contribution in [0.25, 0.3) is 0 Å². The fourth-order valence-electron chi connectivity index (χ4n) is 1.95. The first-order valence-corrected chi connectivity index (χ1v) is 6.86. The Kier molecular flexibility index (Phi) is 3.54. The van der Waals surface area contributed by atoms with Gasteiger partial charge in [-0.2, -0.15) is 5.10 Å². The molecular formula is C13H11Cl2N3O2. The quantitative estimate of drug-likeness (QED) is 0.926. The van der Waals surface area contributed by atoms with Gasteiger partial charge in [0, 0.05) is 24.7 Å². The highest BCUT2D eigenvalue weighted by atomic mass is 35.5. The van der Waals surface area contributed by atoms with Crippen molar-refractivity contribution < 1.29 is 9.53 Å². The monoisotopic (exact) mass is 311 g/mol. The van der Waals surface area contributed by atoms with Crippen molar-refractivity contribution in [1.82, 2.24) is 9.78 Å². The minimum atomic E-state index is -0.311. The Morgan fingerprint density at radius 2 is 2.15 bits per heavy atom. The maximum atomic E-state index is 12.1. The van der Waals surface area contributed by atoms with Crippen molar-refractivity contribution in [2.45, 2.75) is 13.0 Å². The third-order valence-corrected chi connectivity index (χ3v) is 3.66. The van der Waals surface area contributed by atoms with Gasteiger partial charge in [0.25, 0.3) is 5.91 Å². The molecule has 0 aliphatic carbocycles. The second-order valence-corrected chi connectivity index (χ2v) is 5.19. The minimum absolute atomic E-state index is 0.311. The number of ether oxygens (including phenoxy) is 1. The first-order valence-electron chi connectivity index (χ1n) is 6.10. The van der Waals surface area contributed by atoms with Crippen molar-refractivity contribution in [1.29, 1.82) is 0 Å². The normalized spacial score (nSPS) is 13.5.